The summed E-state index contributed by atoms with van der Waals surface area (Å²) in [5.74, 6) is 0.632. The van der Waals surface area contributed by atoms with Crippen molar-refractivity contribution in [2.75, 3.05) is 20.2 Å². The molecule has 0 saturated carbocycles. The molecule has 0 radical (unpaired) electrons. The maximum absolute atomic E-state index is 5.71. The molecule has 106 valence electrons. The van der Waals surface area contributed by atoms with E-state index < -0.39 is 0 Å². The minimum absolute atomic E-state index is 0.534. The number of rotatable bonds is 7. The van der Waals surface area contributed by atoms with Gasteiger partial charge in [-0.3, -0.25) is 0 Å². The van der Waals surface area contributed by atoms with Crippen molar-refractivity contribution in [3.63, 3.8) is 0 Å². The monoisotopic (exact) mass is 261 g/mol. The summed E-state index contributed by atoms with van der Waals surface area (Å²) in [6.45, 7) is 4.26. The number of ether oxygens (including phenoxy) is 1. The Morgan fingerprint density at radius 1 is 1.37 bits per heavy atom. The lowest BCUT2D eigenvalue weighted by Crippen LogP contribution is -2.18. The highest BCUT2D eigenvalue weighted by molar-refractivity contribution is 5.29. The third-order valence-corrected chi connectivity index (χ3v) is 4.18. The maximum atomic E-state index is 5.71. The molecule has 0 aromatic heterocycles. The van der Waals surface area contributed by atoms with Gasteiger partial charge in [0, 0.05) is 13.2 Å². The second-order valence-electron chi connectivity index (χ2n) is 5.68. The van der Waals surface area contributed by atoms with E-state index in [0.29, 0.717) is 12.0 Å². The Labute approximate surface area is 117 Å². The van der Waals surface area contributed by atoms with Crippen molar-refractivity contribution >= 4 is 0 Å². The highest BCUT2D eigenvalue weighted by Gasteiger charge is 2.17. The average molecular weight is 261 g/mol. The van der Waals surface area contributed by atoms with E-state index in [-0.39, 0.29) is 0 Å². The van der Waals surface area contributed by atoms with Crippen LogP contribution < -0.4 is 5.32 Å². The number of hydrogen-bond acceptors (Lipinski definition) is 2. The molecule has 2 rings (SSSR count). The molecule has 1 aliphatic rings. The summed E-state index contributed by atoms with van der Waals surface area (Å²) in [7, 11) is 2.05. The van der Waals surface area contributed by atoms with Gasteiger partial charge in [0.25, 0.3) is 0 Å². The van der Waals surface area contributed by atoms with E-state index in [2.05, 4.69) is 36.5 Å². The first-order chi connectivity index (χ1) is 9.31. The minimum atomic E-state index is 0.534. The lowest BCUT2D eigenvalue weighted by molar-refractivity contribution is 0.101. The molecule has 1 N–H and O–H groups in total. The van der Waals surface area contributed by atoms with Gasteiger partial charge in [0.15, 0.2) is 0 Å². The normalized spacial score (nSPS) is 20.6. The van der Waals surface area contributed by atoms with Gasteiger partial charge in [-0.15, -0.1) is 0 Å². The number of likely N-dealkylation sites (N-methyl/N-ethyl adjacent to an activating group) is 1. The van der Waals surface area contributed by atoms with Gasteiger partial charge >= 0.3 is 0 Å². The highest BCUT2D eigenvalue weighted by Crippen LogP contribution is 2.26. The third kappa shape index (κ3) is 4.32. The van der Waals surface area contributed by atoms with E-state index >= 15 is 0 Å². The summed E-state index contributed by atoms with van der Waals surface area (Å²) in [4.78, 5) is 0. The van der Waals surface area contributed by atoms with Crippen molar-refractivity contribution in [3.8, 4) is 0 Å². The molecule has 0 spiro atoms. The molecule has 0 aliphatic carbocycles. The fourth-order valence-corrected chi connectivity index (χ4v) is 3.12. The summed E-state index contributed by atoms with van der Waals surface area (Å²) in [6, 6.07) is 8.79. The van der Waals surface area contributed by atoms with Gasteiger partial charge in [-0.05, 0) is 56.7 Å². The molecule has 1 fully saturated rings. The Morgan fingerprint density at radius 2 is 2.21 bits per heavy atom. The first-order valence-corrected chi connectivity index (χ1v) is 7.63. The molecule has 0 bridgehead atoms. The summed E-state index contributed by atoms with van der Waals surface area (Å²) < 4.78 is 5.71. The van der Waals surface area contributed by atoms with E-state index in [0.717, 1.165) is 13.2 Å². The van der Waals surface area contributed by atoms with Crippen LogP contribution in [0.2, 0.25) is 0 Å². The molecule has 0 amide bonds. The summed E-state index contributed by atoms with van der Waals surface area (Å²) in [5.41, 5.74) is 2.92. The average Bonchev–Trinajstić information content (AvgIpc) is 2.92. The van der Waals surface area contributed by atoms with Gasteiger partial charge in [-0.1, -0.05) is 30.7 Å². The van der Waals surface area contributed by atoms with Crippen molar-refractivity contribution in [2.45, 2.75) is 51.0 Å². The Bertz CT molecular complexity index is 371. The van der Waals surface area contributed by atoms with E-state index in [1.807, 2.05) is 7.05 Å². The fourth-order valence-electron chi connectivity index (χ4n) is 3.12. The Hall–Kier alpha value is -0.860. The van der Waals surface area contributed by atoms with Crippen LogP contribution in [0.1, 0.15) is 49.1 Å². The number of benzene rings is 1. The Morgan fingerprint density at radius 3 is 2.89 bits per heavy atom. The predicted octanol–water partition coefficient (Wildman–Crippen LogP) is 3.65. The second kappa shape index (κ2) is 7.66. The van der Waals surface area contributed by atoms with Crippen LogP contribution in [0, 0.1) is 6.92 Å². The number of hydrogen-bond donors (Lipinski definition) is 1. The minimum Gasteiger partial charge on any atom is -0.378 e. The SMILES string of the molecule is CNCC(CCCC1CCCO1)c1ccccc1C. The fraction of sp³-hybridized carbons (Fsp3) is 0.647. The van der Waals surface area contributed by atoms with Crippen LogP contribution >= 0.6 is 0 Å². The van der Waals surface area contributed by atoms with Gasteiger partial charge in [0.1, 0.15) is 0 Å². The molecule has 2 atom stereocenters. The number of nitrogens with one attached hydrogen (secondary N) is 1. The van der Waals surface area contributed by atoms with Crippen molar-refractivity contribution < 1.29 is 4.74 Å². The molecule has 1 saturated heterocycles. The molecule has 1 aromatic carbocycles. The van der Waals surface area contributed by atoms with Crippen LogP contribution in [0.3, 0.4) is 0 Å². The summed E-state index contributed by atoms with van der Waals surface area (Å²) >= 11 is 0. The van der Waals surface area contributed by atoms with Crippen molar-refractivity contribution in [1.29, 1.82) is 0 Å². The molecule has 2 heteroatoms. The zero-order valence-corrected chi connectivity index (χ0v) is 12.3. The zero-order valence-electron chi connectivity index (χ0n) is 12.3. The number of aryl methyl sites for hydroxylation is 1. The molecular weight excluding hydrogens is 234 g/mol. The first-order valence-electron chi connectivity index (χ1n) is 7.63. The largest absolute Gasteiger partial charge is 0.378 e. The Kier molecular flexibility index (Phi) is 5.87. The quantitative estimate of drug-likeness (QED) is 0.809. The van der Waals surface area contributed by atoms with Gasteiger partial charge in [0.2, 0.25) is 0 Å². The van der Waals surface area contributed by atoms with Crippen LogP contribution in [0.5, 0.6) is 0 Å². The van der Waals surface area contributed by atoms with Crippen LogP contribution in [0.25, 0.3) is 0 Å². The Balaban J connectivity index is 1.87. The standard InChI is InChI=1S/C17H27NO/c1-14-7-3-4-11-17(14)15(13-18-2)8-5-9-16-10-6-12-19-16/h3-4,7,11,15-16,18H,5-6,8-10,12-13H2,1-2H3. The van der Waals surface area contributed by atoms with Gasteiger partial charge < -0.3 is 10.1 Å². The third-order valence-electron chi connectivity index (χ3n) is 4.18. The van der Waals surface area contributed by atoms with Crippen LogP contribution in [0.4, 0.5) is 0 Å². The van der Waals surface area contributed by atoms with E-state index in [4.69, 9.17) is 4.74 Å². The molecule has 1 heterocycles. The second-order valence-corrected chi connectivity index (χ2v) is 5.68. The smallest absolute Gasteiger partial charge is 0.0576 e. The van der Waals surface area contributed by atoms with Crippen LogP contribution in [0.15, 0.2) is 24.3 Å². The molecule has 2 nitrogen and oxygen atoms in total. The van der Waals surface area contributed by atoms with E-state index in [1.54, 1.807) is 0 Å². The van der Waals surface area contributed by atoms with Gasteiger partial charge in [-0.2, -0.15) is 0 Å². The predicted molar refractivity (Wildman–Crippen MR) is 80.7 cm³/mol. The first kappa shape index (κ1) is 14.5. The highest BCUT2D eigenvalue weighted by atomic mass is 16.5. The lowest BCUT2D eigenvalue weighted by Gasteiger charge is -2.20. The van der Waals surface area contributed by atoms with E-state index in [1.165, 1.54) is 43.2 Å². The van der Waals surface area contributed by atoms with Crippen molar-refractivity contribution in [3.05, 3.63) is 35.4 Å². The summed E-state index contributed by atoms with van der Waals surface area (Å²) in [5, 5.41) is 3.34. The maximum Gasteiger partial charge on any atom is 0.0576 e. The van der Waals surface area contributed by atoms with Crippen molar-refractivity contribution in [2.24, 2.45) is 0 Å². The molecular formula is C17H27NO. The van der Waals surface area contributed by atoms with Crippen LogP contribution in [-0.4, -0.2) is 26.3 Å². The van der Waals surface area contributed by atoms with Crippen molar-refractivity contribution in [1.82, 2.24) is 5.32 Å². The molecule has 19 heavy (non-hydrogen) atoms. The summed E-state index contributed by atoms with van der Waals surface area (Å²) in [6.07, 6.45) is 6.80. The molecule has 2 unspecified atom stereocenters. The molecule has 1 aromatic rings. The topological polar surface area (TPSA) is 21.3 Å². The van der Waals surface area contributed by atoms with E-state index in [9.17, 15) is 0 Å². The van der Waals surface area contributed by atoms with Gasteiger partial charge in [-0.25, -0.2) is 0 Å². The van der Waals surface area contributed by atoms with Gasteiger partial charge in [0.05, 0.1) is 6.10 Å². The van der Waals surface area contributed by atoms with Crippen LogP contribution in [-0.2, 0) is 4.74 Å². The molecule has 1 aliphatic heterocycles. The lowest BCUT2D eigenvalue weighted by atomic mass is 9.89. The zero-order chi connectivity index (χ0) is 13.5.